The number of likely N-dealkylation sites (tertiary alicyclic amines) is 1. The molecule has 2 rings (SSSR count). The van der Waals surface area contributed by atoms with E-state index in [9.17, 15) is 4.79 Å². The fraction of sp³-hybridized carbons (Fsp3) is 0.933. The molecule has 0 spiro atoms. The van der Waals surface area contributed by atoms with E-state index >= 15 is 0 Å². The zero-order valence-corrected chi connectivity index (χ0v) is 12.1. The normalized spacial score (nSPS) is 21.7. The van der Waals surface area contributed by atoms with Gasteiger partial charge in [-0.2, -0.15) is 0 Å². The Morgan fingerprint density at radius 1 is 1.05 bits per heavy atom. The van der Waals surface area contributed by atoms with Crippen LogP contribution in [0.25, 0.3) is 0 Å². The van der Waals surface area contributed by atoms with Crippen LogP contribution < -0.4 is 10.6 Å². The van der Waals surface area contributed by atoms with Gasteiger partial charge < -0.3 is 15.5 Å². The zero-order chi connectivity index (χ0) is 13.3. The van der Waals surface area contributed by atoms with Crippen LogP contribution in [0.1, 0.15) is 51.4 Å². The van der Waals surface area contributed by atoms with Gasteiger partial charge in [0.2, 0.25) is 5.91 Å². The predicted molar refractivity (Wildman–Crippen MR) is 78.2 cm³/mol. The van der Waals surface area contributed by atoms with E-state index in [1.165, 1.54) is 64.6 Å². The maximum absolute atomic E-state index is 11.7. The second kappa shape index (κ2) is 8.54. The third-order valence-corrected chi connectivity index (χ3v) is 4.28. The van der Waals surface area contributed by atoms with E-state index in [1.807, 2.05) is 0 Å². The van der Waals surface area contributed by atoms with Crippen molar-refractivity contribution >= 4 is 5.91 Å². The number of hydrogen-bond acceptors (Lipinski definition) is 3. The van der Waals surface area contributed by atoms with Crippen LogP contribution in [0.5, 0.6) is 0 Å². The van der Waals surface area contributed by atoms with Crippen LogP contribution in [0.2, 0.25) is 0 Å². The highest BCUT2D eigenvalue weighted by Crippen LogP contribution is 2.17. The summed E-state index contributed by atoms with van der Waals surface area (Å²) in [5, 5.41) is 6.40. The molecule has 0 aromatic heterocycles. The molecular formula is C15H29N3O. The van der Waals surface area contributed by atoms with Crippen molar-refractivity contribution in [2.45, 2.75) is 57.4 Å². The number of carbonyl (C=O) groups excluding carboxylic acids is 1. The summed E-state index contributed by atoms with van der Waals surface area (Å²) in [6.07, 6.45) is 10.1. The summed E-state index contributed by atoms with van der Waals surface area (Å²) in [6.45, 7) is 5.15. The van der Waals surface area contributed by atoms with Crippen LogP contribution in [-0.4, -0.2) is 49.6 Å². The van der Waals surface area contributed by atoms with Crippen molar-refractivity contribution in [3.63, 3.8) is 0 Å². The van der Waals surface area contributed by atoms with Gasteiger partial charge in [0.1, 0.15) is 0 Å². The minimum Gasteiger partial charge on any atom is -0.352 e. The van der Waals surface area contributed by atoms with Crippen LogP contribution in [0.3, 0.4) is 0 Å². The lowest BCUT2D eigenvalue weighted by Crippen LogP contribution is -2.41. The SMILES string of the molecule is O=C(CNCCCN1CCCC1)NC1CCCCC1. The van der Waals surface area contributed by atoms with E-state index in [0.29, 0.717) is 12.6 Å². The first-order valence-electron chi connectivity index (χ1n) is 8.07. The molecule has 1 amide bonds. The van der Waals surface area contributed by atoms with Gasteiger partial charge in [-0.1, -0.05) is 19.3 Å². The van der Waals surface area contributed by atoms with Crippen molar-refractivity contribution in [1.29, 1.82) is 0 Å². The first-order chi connectivity index (χ1) is 9.34. The second-order valence-corrected chi connectivity index (χ2v) is 5.98. The molecule has 1 heterocycles. The monoisotopic (exact) mass is 267 g/mol. The smallest absolute Gasteiger partial charge is 0.234 e. The first kappa shape index (κ1) is 14.8. The number of carbonyl (C=O) groups is 1. The molecule has 0 bridgehead atoms. The maximum atomic E-state index is 11.7. The molecule has 1 saturated carbocycles. The summed E-state index contributed by atoms with van der Waals surface area (Å²) in [5.74, 6) is 0.174. The maximum Gasteiger partial charge on any atom is 0.234 e. The molecule has 2 N–H and O–H groups in total. The quantitative estimate of drug-likeness (QED) is 0.687. The van der Waals surface area contributed by atoms with Gasteiger partial charge in [0, 0.05) is 6.04 Å². The Kier molecular flexibility index (Phi) is 6.65. The molecule has 19 heavy (non-hydrogen) atoms. The molecule has 2 aliphatic rings. The van der Waals surface area contributed by atoms with Crippen LogP contribution in [-0.2, 0) is 4.79 Å². The predicted octanol–water partition coefficient (Wildman–Crippen LogP) is 1.51. The van der Waals surface area contributed by atoms with Gasteiger partial charge in [-0.25, -0.2) is 0 Å². The first-order valence-corrected chi connectivity index (χ1v) is 8.07. The molecular weight excluding hydrogens is 238 g/mol. The molecule has 0 radical (unpaired) electrons. The number of hydrogen-bond donors (Lipinski definition) is 2. The van der Waals surface area contributed by atoms with Crippen molar-refractivity contribution in [1.82, 2.24) is 15.5 Å². The molecule has 0 aromatic rings. The van der Waals surface area contributed by atoms with E-state index in [2.05, 4.69) is 15.5 Å². The van der Waals surface area contributed by atoms with Crippen LogP contribution >= 0.6 is 0 Å². The zero-order valence-electron chi connectivity index (χ0n) is 12.1. The average molecular weight is 267 g/mol. The minimum atomic E-state index is 0.174. The lowest BCUT2D eigenvalue weighted by Gasteiger charge is -2.22. The molecule has 1 aliphatic carbocycles. The van der Waals surface area contributed by atoms with Gasteiger partial charge in [-0.05, 0) is 58.3 Å². The standard InChI is InChI=1S/C15H29N3O/c19-15(17-14-7-2-1-3-8-14)13-16-9-6-12-18-10-4-5-11-18/h14,16H,1-13H2,(H,17,19). The largest absolute Gasteiger partial charge is 0.352 e. The molecule has 0 unspecified atom stereocenters. The summed E-state index contributed by atoms with van der Waals surface area (Å²) in [4.78, 5) is 14.3. The van der Waals surface area contributed by atoms with Crippen molar-refractivity contribution < 1.29 is 4.79 Å². The Bertz CT molecular complexity index is 258. The van der Waals surface area contributed by atoms with Gasteiger partial charge in [0.15, 0.2) is 0 Å². The van der Waals surface area contributed by atoms with Crippen LogP contribution in [0.15, 0.2) is 0 Å². The fourth-order valence-corrected chi connectivity index (χ4v) is 3.16. The topological polar surface area (TPSA) is 44.4 Å². The van der Waals surface area contributed by atoms with Gasteiger partial charge in [0.25, 0.3) is 0 Å². The number of nitrogens with zero attached hydrogens (tertiary/aromatic N) is 1. The van der Waals surface area contributed by atoms with Crippen LogP contribution in [0, 0.1) is 0 Å². The Morgan fingerprint density at radius 2 is 1.79 bits per heavy atom. The minimum absolute atomic E-state index is 0.174. The summed E-state index contributed by atoms with van der Waals surface area (Å²) >= 11 is 0. The second-order valence-electron chi connectivity index (χ2n) is 5.98. The number of amides is 1. The lowest BCUT2D eigenvalue weighted by molar-refractivity contribution is -0.121. The van der Waals surface area contributed by atoms with Gasteiger partial charge in [-0.15, -0.1) is 0 Å². The van der Waals surface area contributed by atoms with Crippen molar-refractivity contribution in [2.75, 3.05) is 32.7 Å². The highest BCUT2D eigenvalue weighted by molar-refractivity contribution is 5.78. The lowest BCUT2D eigenvalue weighted by atomic mass is 9.95. The fourth-order valence-electron chi connectivity index (χ4n) is 3.16. The Balaban J connectivity index is 1.44. The van der Waals surface area contributed by atoms with E-state index in [-0.39, 0.29) is 5.91 Å². The molecule has 0 aromatic carbocycles. The molecule has 4 nitrogen and oxygen atoms in total. The molecule has 1 saturated heterocycles. The third kappa shape index (κ3) is 5.91. The summed E-state index contributed by atoms with van der Waals surface area (Å²) < 4.78 is 0. The van der Waals surface area contributed by atoms with Gasteiger partial charge >= 0.3 is 0 Å². The van der Waals surface area contributed by atoms with E-state index < -0.39 is 0 Å². The van der Waals surface area contributed by atoms with Crippen molar-refractivity contribution in [3.8, 4) is 0 Å². The number of nitrogens with one attached hydrogen (secondary N) is 2. The summed E-state index contributed by atoms with van der Waals surface area (Å²) in [7, 11) is 0. The van der Waals surface area contributed by atoms with E-state index in [1.54, 1.807) is 0 Å². The van der Waals surface area contributed by atoms with Crippen molar-refractivity contribution in [2.24, 2.45) is 0 Å². The summed E-state index contributed by atoms with van der Waals surface area (Å²) in [6, 6.07) is 0.438. The van der Waals surface area contributed by atoms with Gasteiger partial charge in [-0.3, -0.25) is 4.79 Å². The molecule has 0 atom stereocenters. The Hall–Kier alpha value is -0.610. The van der Waals surface area contributed by atoms with Crippen LogP contribution in [0.4, 0.5) is 0 Å². The molecule has 1 aliphatic heterocycles. The third-order valence-electron chi connectivity index (χ3n) is 4.28. The van der Waals surface area contributed by atoms with E-state index in [0.717, 1.165) is 13.0 Å². The molecule has 4 heteroatoms. The average Bonchev–Trinajstić information content (AvgIpc) is 2.92. The Morgan fingerprint density at radius 3 is 2.53 bits per heavy atom. The van der Waals surface area contributed by atoms with Crippen molar-refractivity contribution in [3.05, 3.63) is 0 Å². The highest BCUT2D eigenvalue weighted by Gasteiger charge is 2.15. The molecule has 2 fully saturated rings. The number of rotatable bonds is 7. The highest BCUT2D eigenvalue weighted by atomic mass is 16.1. The Labute approximate surface area is 117 Å². The summed E-state index contributed by atoms with van der Waals surface area (Å²) in [5.41, 5.74) is 0. The molecule has 110 valence electrons. The van der Waals surface area contributed by atoms with Gasteiger partial charge in [0.05, 0.1) is 6.54 Å². The van der Waals surface area contributed by atoms with E-state index in [4.69, 9.17) is 0 Å².